The second-order valence-electron chi connectivity index (χ2n) is 9.71. The van der Waals surface area contributed by atoms with Crippen LogP contribution in [-0.4, -0.2) is 33.3 Å². The van der Waals surface area contributed by atoms with Gasteiger partial charge in [-0.15, -0.1) is 22.7 Å². The molecule has 3 heterocycles. The number of sulfonamides is 1. The van der Waals surface area contributed by atoms with Crippen molar-refractivity contribution in [3.8, 4) is 22.8 Å². The highest BCUT2D eigenvalue weighted by molar-refractivity contribution is 7.92. The largest absolute Gasteiger partial charge is 0.493 e. The maximum Gasteiger partial charge on any atom is 0.261 e. The van der Waals surface area contributed by atoms with Crippen molar-refractivity contribution >= 4 is 49.2 Å². The third-order valence-electron chi connectivity index (χ3n) is 6.96. The average molecular weight is 617 g/mol. The highest BCUT2D eigenvalue weighted by atomic mass is 32.2. The van der Waals surface area contributed by atoms with Crippen LogP contribution >= 0.6 is 22.7 Å². The Kier molecular flexibility index (Phi) is 7.72. The van der Waals surface area contributed by atoms with Crippen molar-refractivity contribution in [3.63, 3.8) is 0 Å². The number of hydrogen-bond donors (Lipinski definition) is 1. The number of hydrazone groups is 1. The van der Waals surface area contributed by atoms with Crippen molar-refractivity contribution < 1.29 is 17.9 Å². The average Bonchev–Trinajstić information content (AvgIpc) is 3.78. The lowest BCUT2D eigenvalue weighted by Gasteiger charge is -2.22. The van der Waals surface area contributed by atoms with E-state index in [9.17, 15) is 8.42 Å². The zero-order valence-electron chi connectivity index (χ0n) is 23.1. The van der Waals surface area contributed by atoms with Gasteiger partial charge in [-0.1, -0.05) is 42.0 Å². The van der Waals surface area contributed by atoms with Gasteiger partial charge >= 0.3 is 0 Å². The summed E-state index contributed by atoms with van der Waals surface area (Å²) in [6.45, 7) is 1.92. The third-order valence-corrected chi connectivity index (χ3v) is 10.1. The van der Waals surface area contributed by atoms with E-state index in [0.717, 1.165) is 44.5 Å². The van der Waals surface area contributed by atoms with Gasteiger partial charge in [0.15, 0.2) is 11.5 Å². The van der Waals surface area contributed by atoms with Gasteiger partial charge in [0.25, 0.3) is 10.0 Å². The summed E-state index contributed by atoms with van der Waals surface area (Å²) in [5.74, 6) is 1.34. The topological polar surface area (TPSA) is 93.1 Å². The fourth-order valence-corrected chi connectivity index (χ4v) is 7.35. The van der Waals surface area contributed by atoms with E-state index < -0.39 is 10.0 Å². The van der Waals surface area contributed by atoms with Gasteiger partial charge in [-0.25, -0.2) is 18.4 Å². The number of thiophene rings is 1. The van der Waals surface area contributed by atoms with E-state index in [1.54, 1.807) is 62.0 Å². The number of methoxy groups -OCH3 is 2. The van der Waals surface area contributed by atoms with Crippen LogP contribution in [0.4, 0.5) is 10.8 Å². The standard InChI is InChI=1S/C31H28N4O4S3/c1-20-6-13-24(14-7-20)42(36,37)34-23-11-8-21(9-12-23)26-19-41-31(32-26)35-27(18-25(33-35)30-5-4-16-40-30)22-10-15-28(38-2)29(17-22)39-3/h4-17,19,27,34H,18H2,1-3H3. The fraction of sp³-hybridized carbons (Fsp3) is 0.161. The van der Waals surface area contributed by atoms with Crippen molar-refractivity contribution in [2.45, 2.75) is 24.3 Å². The molecule has 42 heavy (non-hydrogen) atoms. The van der Waals surface area contributed by atoms with E-state index >= 15 is 0 Å². The van der Waals surface area contributed by atoms with Crippen LogP contribution in [0.2, 0.25) is 0 Å². The number of hydrogen-bond acceptors (Lipinski definition) is 9. The molecule has 2 aromatic heterocycles. The van der Waals surface area contributed by atoms with Crippen LogP contribution < -0.4 is 19.2 Å². The molecule has 8 nitrogen and oxygen atoms in total. The van der Waals surface area contributed by atoms with E-state index in [4.69, 9.17) is 19.6 Å². The van der Waals surface area contributed by atoms with E-state index in [-0.39, 0.29) is 10.9 Å². The second kappa shape index (κ2) is 11.6. The van der Waals surface area contributed by atoms with Crippen LogP contribution in [0.15, 0.2) is 99.6 Å². The molecule has 1 aliphatic heterocycles. The van der Waals surface area contributed by atoms with Gasteiger partial charge in [0.1, 0.15) is 0 Å². The smallest absolute Gasteiger partial charge is 0.261 e. The van der Waals surface area contributed by atoms with Gasteiger partial charge in [0, 0.05) is 23.1 Å². The van der Waals surface area contributed by atoms with Gasteiger partial charge in [-0.2, -0.15) is 5.10 Å². The highest BCUT2D eigenvalue weighted by Gasteiger charge is 2.33. The first-order valence-electron chi connectivity index (χ1n) is 13.1. The van der Waals surface area contributed by atoms with Crippen molar-refractivity contribution in [2.75, 3.05) is 24.0 Å². The fourth-order valence-electron chi connectivity index (χ4n) is 4.74. The Balaban J connectivity index is 1.26. The molecular weight excluding hydrogens is 589 g/mol. The first-order valence-corrected chi connectivity index (χ1v) is 16.4. The number of nitrogens with one attached hydrogen (secondary N) is 1. The maximum absolute atomic E-state index is 12.8. The predicted molar refractivity (Wildman–Crippen MR) is 170 cm³/mol. The number of rotatable bonds is 9. The van der Waals surface area contributed by atoms with Crippen molar-refractivity contribution in [1.29, 1.82) is 0 Å². The lowest BCUT2D eigenvalue weighted by molar-refractivity contribution is 0.354. The molecule has 6 rings (SSSR count). The zero-order chi connectivity index (χ0) is 29.3. The number of benzene rings is 3. The number of aryl methyl sites for hydroxylation is 1. The van der Waals surface area contributed by atoms with Crippen molar-refractivity contribution in [3.05, 3.63) is 106 Å². The van der Waals surface area contributed by atoms with Crippen LogP contribution in [0.5, 0.6) is 11.5 Å². The number of aromatic nitrogens is 1. The monoisotopic (exact) mass is 616 g/mol. The Morgan fingerprint density at radius 2 is 1.69 bits per heavy atom. The number of nitrogens with zero attached hydrogens (tertiary/aromatic N) is 3. The number of thiazole rings is 1. The molecule has 3 aromatic carbocycles. The summed E-state index contributed by atoms with van der Waals surface area (Å²) in [7, 11) is -0.424. The summed E-state index contributed by atoms with van der Waals surface area (Å²) in [5.41, 5.74) is 5.19. The Morgan fingerprint density at radius 3 is 2.38 bits per heavy atom. The molecule has 0 saturated carbocycles. The predicted octanol–water partition coefficient (Wildman–Crippen LogP) is 7.35. The minimum atomic E-state index is -3.68. The van der Waals surface area contributed by atoms with Crippen LogP contribution in [0, 0.1) is 6.92 Å². The Labute approximate surface area is 253 Å². The maximum atomic E-state index is 12.8. The van der Waals surface area contributed by atoms with Crippen LogP contribution in [0.1, 0.15) is 28.5 Å². The van der Waals surface area contributed by atoms with E-state index in [1.165, 1.54) is 11.3 Å². The molecule has 0 bridgehead atoms. The summed E-state index contributed by atoms with van der Waals surface area (Å²) in [4.78, 5) is 6.29. The summed E-state index contributed by atoms with van der Waals surface area (Å²) < 4.78 is 39.3. The molecule has 1 atom stereocenters. The first kappa shape index (κ1) is 28.0. The van der Waals surface area contributed by atoms with Gasteiger partial charge in [-0.3, -0.25) is 4.72 Å². The number of ether oxygens (including phenoxy) is 2. The van der Waals surface area contributed by atoms with Crippen molar-refractivity contribution in [1.82, 2.24) is 4.98 Å². The number of anilines is 2. The summed E-state index contributed by atoms with van der Waals surface area (Å²) in [6.07, 6.45) is 0.723. The molecule has 1 unspecified atom stereocenters. The highest BCUT2D eigenvalue weighted by Crippen LogP contribution is 2.42. The molecule has 0 aliphatic carbocycles. The molecular formula is C31H28N4O4S3. The minimum Gasteiger partial charge on any atom is -0.493 e. The van der Waals surface area contributed by atoms with Crippen LogP contribution in [0.3, 0.4) is 0 Å². The van der Waals surface area contributed by atoms with E-state index in [2.05, 4.69) is 16.2 Å². The molecule has 0 radical (unpaired) electrons. The lowest BCUT2D eigenvalue weighted by Crippen LogP contribution is -2.18. The molecule has 0 saturated heterocycles. The summed E-state index contributed by atoms with van der Waals surface area (Å²) in [5, 5.41) is 11.8. The molecule has 1 aliphatic rings. The SMILES string of the molecule is COc1ccc(C2CC(c3cccs3)=NN2c2nc(-c3ccc(NS(=O)(=O)c4ccc(C)cc4)cc3)cs2)cc1OC. The van der Waals surface area contributed by atoms with Gasteiger partial charge in [0.05, 0.1) is 41.4 Å². The van der Waals surface area contributed by atoms with E-state index in [0.29, 0.717) is 17.2 Å². The molecule has 1 N–H and O–H groups in total. The summed E-state index contributed by atoms with van der Waals surface area (Å²) >= 11 is 3.18. The van der Waals surface area contributed by atoms with Gasteiger partial charge in [0.2, 0.25) is 5.13 Å². The molecule has 11 heteroatoms. The second-order valence-corrected chi connectivity index (χ2v) is 13.2. The normalized spacial score (nSPS) is 15.0. The molecule has 0 amide bonds. The molecule has 0 fully saturated rings. The van der Waals surface area contributed by atoms with E-state index in [1.807, 2.05) is 53.7 Å². The summed E-state index contributed by atoms with van der Waals surface area (Å²) in [6, 6.07) is 24.0. The quantitative estimate of drug-likeness (QED) is 0.186. The lowest BCUT2D eigenvalue weighted by atomic mass is 10.0. The van der Waals surface area contributed by atoms with Crippen LogP contribution in [-0.2, 0) is 10.0 Å². The minimum absolute atomic E-state index is 0.0699. The van der Waals surface area contributed by atoms with Crippen molar-refractivity contribution in [2.24, 2.45) is 5.10 Å². The zero-order valence-corrected chi connectivity index (χ0v) is 25.6. The molecule has 0 spiro atoms. The Morgan fingerprint density at radius 1 is 0.929 bits per heavy atom. The molecule has 214 valence electrons. The third kappa shape index (κ3) is 5.63. The van der Waals surface area contributed by atoms with Gasteiger partial charge in [-0.05, 0) is 60.3 Å². The first-order chi connectivity index (χ1) is 20.3. The Bertz CT molecular complexity index is 1830. The van der Waals surface area contributed by atoms with Crippen LogP contribution in [0.25, 0.3) is 11.3 Å². The Hall–Kier alpha value is -4.19. The molecule has 5 aromatic rings. The van der Waals surface area contributed by atoms with Gasteiger partial charge < -0.3 is 9.47 Å².